The average Bonchev–Trinajstić information content (AvgIpc) is 3.00. The molecule has 2 N–H and O–H groups in total. The summed E-state index contributed by atoms with van der Waals surface area (Å²) in [5, 5.41) is 12.1. The molecule has 1 atom stereocenters. The minimum Gasteiger partial charge on any atom is -0.477 e. The zero-order valence-electron chi connectivity index (χ0n) is 11.4. The Balaban J connectivity index is 1.65. The predicted octanol–water partition coefficient (Wildman–Crippen LogP) is 1.79. The zero-order valence-corrected chi connectivity index (χ0v) is 12.2. The minimum atomic E-state index is -1.01. The molecule has 7 heteroatoms. The molecule has 0 spiro atoms. The van der Waals surface area contributed by atoms with Crippen LogP contribution >= 0.6 is 11.3 Å². The number of carboxylic acids is 1. The lowest BCUT2D eigenvalue weighted by Crippen LogP contribution is -2.43. The van der Waals surface area contributed by atoms with Crippen molar-refractivity contribution in [3.8, 4) is 0 Å². The number of thiophene rings is 1. The van der Waals surface area contributed by atoms with Gasteiger partial charge in [-0.05, 0) is 37.8 Å². The van der Waals surface area contributed by atoms with Gasteiger partial charge in [0.25, 0.3) is 0 Å². The third-order valence-corrected chi connectivity index (χ3v) is 4.82. The number of hydrogen-bond donors (Lipinski definition) is 2. The smallest absolute Gasteiger partial charge is 0.345 e. The summed E-state index contributed by atoms with van der Waals surface area (Å²) in [5.74, 6) is -1.03. The Labute approximate surface area is 125 Å². The van der Waals surface area contributed by atoms with Crippen molar-refractivity contribution in [2.24, 2.45) is 5.92 Å². The molecule has 2 fully saturated rings. The van der Waals surface area contributed by atoms with Gasteiger partial charge in [0.05, 0.1) is 5.00 Å². The first kappa shape index (κ1) is 14.1. The van der Waals surface area contributed by atoms with Gasteiger partial charge in [0.2, 0.25) is 11.8 Å². The number of carbonyl (C=O) groups excluding carboxylic acids is 2. The van der Waals surface area contributed by atoms with Crippen LogP contribution in [0.1, 0.15) is 35.4 Å². The predicted molar refractivity (Wildman–Crippen MR) is 77.4 cm³/mol. The van der Waals surface area contributed by atoms with Gasteiger partial charge in [-0.3, -0.25) is 9.59 Å². The fourth-order valence-electron chi connectivity index (χ4n) is 2.59. The van der Waals surface area contributed by atoms with Crippen LogP contribution in [0.2, 0.25) is 0 Å². The molecular weight excluding hydrogens is 292 g/mol. The van der Waals surface area contributed by atoms with Gasteiger partial charge in [0.1, 0.15) is 10.9 Å². The van der Waals surface area contributed by atoms with E-state index in [2.05, 4.69) is 5.32 Å². The van der Waals surface area contributed by atoms with Crippen LogP contribution in [-0.2, 0) is 9.59 Å². The number of hydrogen-bond acceptors (Lipinski definition) is 4. The average molecular weight is 308 g/mol. The van der Waals surface area contributed by atoms with Crippen molar-refractivity contribution in [1.82, 2.24) is 4.90 Å². The first-order chi connectivity index (χ1) is 10.1. The molecule has 0 aromatic carbocycles. The Hall–Kier alpha value is -1.89. The van der Waals surface area contributed by atoms with E-state index in [1.165, 1.54) is 6.07 Å². The molecule has 21 heavy (non-hydrogen) atoms. The standard InChI is InChI=1S/C14H16N2O4S/c17-12(15-11-6-5-10(21-11)14(19)20)9-2-1-7-16(9)13(18)8-3-4-8/h5-6,8-9H,1-4,7H2,(H,15,17)(H,19,20). The number of anilines is 1. The molecule has 1 aromatic heterocycles. The van der Waals surface area contributed by atoms with Crippen LogP contribution in [0, 0.1) is 5.92 Å². The van der Waals surface area contributed by atoms with E-state index < -0.39 is 12.0 Å². The van der Waals surface area contributed by atoms with Gasteiger partial charge in [-0.15, -0.1) is 11.3 Å². The molecule has 1 aliphatic heterocycles. The highest BCUT2D eigenvalue weighted by Crippen LogP contribution is 2.34. The SMILES string of the molecule is O=C(O)c1ccc(NC(=O)C2CCCN2C(=O)C2CC2)s1. The van der Waals surface area contributed by atoms with Crippen molar-refractivity contribution < 1.29 is 19.5 Å². The maximum atomic E-state index is 12.3. The lowest BCUT2D eigenvalue weighted by atomic mass is 10.2. The summed E-state index contributed by atoms with van der Waals surface area (Å²) in [4.78, 5) is 37.1. The van der Waals surface area contributed by atoms with Gasteiger partial charge in [-0.25, -0.2) is 4.79 Å². The minimum absolute atomic E-state index is 0.0880. The fourth-order valence-corrected chi connectivity index (χ4v) is 3.34. The molecule has 1 aliphatic carbocycles. The number of carboxylic acid groups (broad SMARTS) is 1. The Morgan fingerprint density at radius 1 is 1.24 bits per heavy atom. The second-order valence-corrected chi connectivity index (χ2v) is 6.51. The number of likely N-dealkylation sites (tertiary alicyclic amines) is 1. The van der Waals surface area contributed by atoms with Crippen molar-refractivity contribution in [1.29, 1.82) is 0 Å². The molecule has 1 unspecified atom stereocenters. The lowest BCUT2D eigenvalue weighted by Gasteiger charge is -2.23. The van der Waals surface area contributed by atoms with Crippen molar-refractivity contribution >= 4 is 34.1 Å². The van der Waals surface area contributed by atoms with Crippen LogP contribution in [-0.4, -0.2) is 40.4 Å². The number of amides is 2. The summed E-state index contributed by atoms with van der Waals surface area (Å²) in [6.07, 6.45) is 3.36. The third-order valence-electron chi connectivity index (χ3n) is 3.83. The number of nitrogens with zero attached hydrogens (tertiary/aromatic N) is 1. The summed E-state index contributed by atoms with van der Waals surface area (Å²) in [6, 6.07) is 2.62. The highest BCUT2D eigenvalue weighted by atomic mass is 32.1. The van der Waals surface area contributed by atoms with Crippen LogP contribution in [0.4, 0.5) is 5.00 Å². The number of rotatable bonds is 4. The Morgan fingerprint density at radius 2 is 2.00 bits per heavy atom. The molecule has 1 saturated heterocycles. The van der Waals surface area contributed by atoms with E-state index in [4.69, 9.17) is 5.11 Å². The van der Waals surface area contributed by atoms with Gasteiger partial charge in [-0.1, -0.05) is 0 Å². The molecule has 2 heterocycles. The molecule has 6 nitrogen and oxygen atoms in total. The molecule has 112 valence electrons. The first-order valence-electron chi connectivity index (χ1n) is 7.01. The first-order valence-corrected chi connectivity index (χ1v) is 7.82. The molecular formula is C14H16N2O4S. The van der Waals surface area contributed by atoms with Crippen LogP contribution in [0.3, 0.4) is 0 Å². The molecule has 2 aliphatic rings. The second kappa shape index (κ2) is 5.48. The van der Waals surface area contributed by atoms with E-state index >= 15 is 0 Å². The second-order valence-electron chi connectivity index (χ2n) is 5.42. The molecule has 0 bridgehead atoms. The van der Waals surface area contributed by atoms with Crippen molar-refractivity contribution in [2.75, 3.05) is 11.9 Å². The zero-order chi connectivity index (χ0) is 15.0. The Bertz CT molecular complexity index is 594. The van der Waals surface area contributed by atoms with E-state index in [1.807, 2.05) is 0 Å². The van der Waals surface area contributed by atoms with Gasteiger partial charge in [0, 0.05) is 12.5 Å². The lowest BCUT2D eigenvalue weighted by molar-refractivity contribution is -0.137. The molecule has 2 amide bonds. The summed E-state index contributed by atoms with van der Waals surface area (Å²) in [5.41, 5.74) is 0. The summed E-state index contributed by atoms with van der Waals surface area (Å²) >= 11 is 1.02. The monoisotopic (exact) mass is 308 g/mol. The maximum absolute atomic E-state index is 12.3. The largest absolute Gasteiger partial charge is 0.477 e. The van der Waals surface area contributed by atoms with E-state index in [9.17, 15) is 14.4 Å². The molecule has 3 rings (SSSR count). The Kier molecular flexibility index (Phi) is 3.67. The topological polar surface area (TPSA) is 86.7 Å². The van der Waals surface area contributed by atoms with Crippen LogP contribution in [0.5, 0.6) is 0 Å². The van der Waals surface area contributed by atoms with E-state index in [-0.39, 0.29) is 22.6 Å². The normalized spacial score (nSPS) is 21.3. The molecule has 0 radical (unpaired) electrons. The number of carbonyl (C=O) groups is 3. The van der Waals surface area contributed by atoms with Crippen LogP contribution in [0.25, 0.3) is 0 Å². The Morgan fingerprint density at radius 3 is 2.62 bits per heavy atom. The number of aromatic carboxylic acids is 1. The van der Waals surface area contributed by atoms with Crippen molar-refractivity contribution in [2.45, 2.75) is 31.7 Å². The summed E-state index contributed by atoms with van der Waals surface area (Å²) in [7, 11) is 0. The van der Waals surface area contributed by atoms with E-state index in [1.54, 1.807) is 11.0 Å². The molecule has 1 aromatic rings. The molecule has 1 saturated carbocycles. The van der Waals surface area contributed by atoms with E-state index in [0.717, 1.165) is 30.6 Å². The van der Waals surface area contributed by atoms with Gasteiger partial charge >= 0.3 is 5.97 Å². The van der Waals surface area contributed by atoms with Crippen molar-refractivity contribution in [3.05, 3.63) is 17.0 Å². The van der Waals surface area contributed by atoms with Gasteiger partial charge in [0.15, 0.2) is 0 Å². The number of nitrogens with one attached hydrogen (secondary N) is 1. The van der Waals surface area contributed by atoms with E-state index in [0.29, 0.717) is 18.0 Å². The summed E-state index contributed by atoms with van der Waals surface area (Å²) in [6.45, 7) is 0.637. The highest BCUT2D eigenvalue weighted by Gasteiger charge is 2.40. The van der Waals surface area contributed by atoms with Crippen LogP contribution < -0.4 is 5.32 Å². The van der Waals surface area contributed by atoms with Crippen LogP contribution in [0.15, 0.2) is 12.1 Å². The third kappa shape index (κ3) is 2.92. The fraction of sp³-hybridized carbons (Fsp3) is 0.500. The van der Waals surface area contributed by atoms with Gasteiger partial charge < -0.3 is 15.3 Å². The van der Waals surface area contributed by atoms with Gasteiger partial charge in [-0.2, -0.15) is 0 Å². The quantitative estimate of drug-likeness (QED) is 0.887. The highest BCUT2D eigenvalue weighted by molar-refractivity contribution is 7.18. The van der Waals surface area contributed by atoms with Crippen molar-refractivity contribution in [3.63, 3.8) is 0 Å². The maximum Gasteiger partial charge on any atom is 0.345 e. The summed E-state index contributed by atoms with van der Waals surface area (Å²) < 4.78 is 0.